The minimum Gasteiger partial charge on any atom is -0.480 e. The lowest BCUT2D eigenvalue weighted by atomic mass is 10.00. The Morgan fingerprint density at radius 1 is 1.24 bits per heavy atom. The molecule has 0 radical (unpaired) electrons. The molecule has 1 aromatic carbocycles. The van der Waals surface area contributed by atoms with Gasteiger partial charge in [0.1, 0.15) is 6.54 Å². The van der Waals surface area contributed by atoms with Gasteiger partial charge in [-0.05, 0) is 24.6 Å². The molecule has 0 unspecified atom stereocenters. The molecule has 1 aliphatic rings. The fraction of sp³-hybridized carbons (Fsp3) is 0.154. The van der Waals surface area contributed by atoms with Crippen molar-refractivity contribution < 1.29 is 29.1 Å². The molecule has 1 aliphatic heterocycles. The zero-order valence-electron chi connectivity index (χ0n) is 10.9. The predicted molar refractivity (Wildman–Crippen MR) is 67.7 cm³/mol. The van der Waals surface area contributed by atoms with Gasteiger partial charge in [0.2, 0.25) is 6.41 Å². The van der Waals surface area contributed by atoms with Gasteiger partial charge in [0.15, 0.2) is 0 Å². The lowest BCUT2D eigenvalue weighted by Crippen LogP contribution is -2.34. The summed E-state index contributed by atoms with van der Waals surface area (Å²) < 4.78 is 0. The van der Waals surface area contributed by atoms with E-state index in [4.69, 9.17) is 5.11 Å². The molecule has 2 rings (SSSR count). The van der Waals surface area contributed by atoms with Crippen LogP contribution < -0.4 is 5.32 Å². The second-order valence-corrected chi connectivity index (χ2v) is 4.39. The molecule has 0 aliphatic carbocycles. The van der Waals surface area contributed by atoms with Crippen LogP contribution in [-0.2, 0) is 9.59 Å². The number of carbonyl (C=O) groups excluding carboxylic acids is 4. The highest BCUT2D eigenvalue weighted by Crippen LogP contribution is 2.26. The molecule has 0 aromatic heterocycles. The first-order valence-electron chi connectivity index (χ1n) is 5.84. The van der Waals surface area contributed by atoms with Gasteiger partial charge in [-0.3, -0.25) is 34.2 Å². The van der Waals surface area contributed by atoms with Gasteiger partial charge < -0.3 is 5.11 Å². The number of aryl methyl sites for hydroxylation is 1. The Labute approximate surface area is 118 Å². The van der Waals surface area contributed by atoms with Gasteiger partial charge in [-0.1, -0.05) is 0 Å². The first-order chi connectivity index (χ1) is 9.86. The molecule has 108 valence electrons. The average Bonchev–Trinajstić information content (AvgIpc) is 2.62. The number of hydrogen-bond donors (Lipinski definition) is 2. The van der Waals surface area contributed by atoms with Crippen LogP contribution in [0.4, 0.5) is 0 Å². The summed E-state index contributed by atoms with van der Waals surface area (Å²) in [5, 5.41) is 10.6. The van der Waals surface area contributed by atoms with Gasteiger partial charge in [-0.25, -0.2) is 0 Å². The SMILES string of the molecule is Cc1cc2c(cc1C(=O)NC=O)C(=O)N(CC(=O)O)C2=O. The van der Waals surface area contributed by atoms with E-state index in [1.807, 2.05) is 5.32 Å². The first kappa shape index (κ1) is 14.4. The highest BCUT2D eigenvalue weighted by atomic mass is 16.4. The van der Waals surface area contributed by atoms with Gasteiger partial charge in [-0.2, -0.15) is 0 Å². The Morgan fingerprint density at radius 3 is 2.33 bits per heavy atom. The van der Waals surface area contributed by atoms with Crippen LogP contribution in [0.2, 0.25) is 0 Å². The molecule has 0 saturated heterocycles. The van der Waals surface area contributed by atoms with Gasteiger partial charge in [0.05, 0.1) is 11.1 Å². The predicted octanol–water partition coefficient (Wildman–Crippen LogP) is -0.438. The highest BCUT2D eigenvalue weighted by Gasteiger charge is 2.37. The standard InChI is InChI=1S/C13H10N2O6/c1-6-2-8-9(3-7(6)11(19)14-5-16)13(21)15(12(8)20)4-10(17)18/h2-3,5H,4H2,1H3,(H,17,18)(H,14,16,19). The van der Waals surface area contributed by atoms with E-state index in [1.54, 1.807) is 0 Å². The van der Waals surface area contributed by atoms with E-state index in [9.17, 15) is 24.0 Å². The van der Waals surface area contributed by atoms with E-state index in [1.165, 1.54) is 19.1 Å². The van der Waals surface area contributed by atoms with Crippen LogP contribution >= 0.6 is 0 Å². The molecular formula is C13H10N2O6. The van der Waals surface area contributed by atoms with Gasteiger partial charge in [-0.15, -0.1) is 0 Å². The molecule has 4 amide bonds. The summed E-state index contributed by atoms with van der Waals surface area (Å²) in [6.45, 7) is 0.791. The van der Waals surface area contributed by atoms with Crippen molar-refractivity contribution in [2.24, 2.45) is 0 Å². The van der Waals surface area contributed by atoms with Gasteiger partial charge >= 0.3 is 5.97 Å². The summed E-state index contributed by atoms with van der Waals surface area (Å²) in [6, 6.07) is 2.52. The molecule has 0 saturated carbocycles. The lowest BCUT2D eigenvalue weighted by molar-refractivity contribution is -0.137. The molecule has 8 heteroatoms. The van der Waals surface area contributed by atoms with Crippen LogP contribution in [0.25, 0.3) is 0 Å². The zero-order chi connectivity index (χ0) is 15.7. The highest BCUT2D eigenvalue weighted by molar-refractivity contribution is 6.23. The van der Waals surface area contributed by atoms with Crippen LogP contribution in [0.15, 0.2) is 12.1 Å². The summed E-state index contributed by atoms with van der Waals surface area (Å²) in [5.74, 6) is -3.53. The van der Waals surface area contributed by atoms with E-state index < -0.39 is 30.2 Å². The number of fused-ring (bicyclic) bond motifs is 1. The third-order valence-corrected chi connectivity index (χ3v) is 3.04. The van der Waals surface area contributed by atoms with E-state index in [-0.39, 0.29) is 23.1 Å². The Balaban J connectivity index is 2.48. The topological polar surface area (TPSA) is 121 Å². The zero-order valence-corrected chi connectivity index (χ0v) is 10.9. The van der Waals surface area contributed by atoms with Crippen LogP contribution in [-0.4, -0.2) is 46.7 Å². The van der Waals surface area contributed by atoms with Crippen LogP contribution in [0, 0.1) is 6.92 Å². The molecule has 21 heavy (non-hydrogen) atoms. The Kier molecular flexibility index (Phi) is 3.53. The quantitative estimate of drug-likeness (QED) is 0.573. The fourth-order valence-corrected chi connectivity index (χ4v) is 2.10. The van der Waals surface area contributed by atoms with Gasteiger partial charge in [0.25, 0.3) is 17.7 Å². The number of carboxylic acids is 1. The average molecular weight is 290 g/mol. The van der Waals surface area contributed by atoms with E-state index >= 15 is 0 Å². The third kappa shape index (κ3) is 2.38. The van der Waals surface area contributed by atoms with Crippen molar-refractivity contribution >= 4 is 30.1 Å². The van der Waals surface area contributed by atoms with E-state index in [0.717, 1.165) is 0 Å². The molecule has 0 atom stereocenters. The number of rotatable bonds is 4. The smallest absolute Gasteiger partial charge is 0.323 e. The Hall–Kier alpha value is -3.03. The van der Waals surface area contributed by atoms with Crippen molar-refractivity contribution in [2.45, 2.75) is 6.92 Å². The summed E-state index contributed by atoms with van der Waals surface area (Å²) in [4.78, 5) is 57.2. The maximum atomic E-state index is 12.0. The second-order valence-electron chi connectivity index (χ2n) is 4.39. The van der Waals surface area contributed by atoms with Crippen LogP contribution in [0.3, 0.4) is 0 Å². The second kappa shape index (κ2) is 5.16. The molecular weight excluding hydrogens is 280 g/mol. The van der Waals surface area contributed by atoms with Crippen molar-refractivity contribution in [3.63, 3.8) is 0 Å². The minimum absolute atomic E-state index is 0.0430. The molecule has 0 bridgehead atoms. The molecule has 1 heterocycles. The fourth-order valence-electron chi connectivity index (χ4n) is 2.10. The molecule has 8 nitrogen and oxygen atoms in total. The lowest BCUT2D eigenvalue weighted by Gasteiger charge is -2.09. The monoisotopic (exact) mass is 290 g/mol. The molecule has 0 fully saturated rings. The first-order valence-corrected chi connectivity index (χ1v) is 5.84. The van der Waals surface area contributed by atoms with Gasteiger partial charge in [0, 0.05) is 5.56 Å². The van der Waals surface area contributed by atoms with Crippen LogP contribution in [0.1, 0.15) is 36.6 Å². The van der Waals surface area contributed by atoms with Crippen molar-refractivity contribution in [1.29, 1.82) is 0 Å². The number of imide groups is 2. The summed E-state index contributed by atoms with van der Waals surface area (Å²) >= 11 is 0. The normalized spacial score (nSPS) is 13.1. The molecule has 0 spiro atoms. The summed E-state index contributed by atoms with van der Waals surface area (Å²) in [7, 11) is 0. The maximum Gasteiger partial charge on any atom is 0.323 e. The third-order valence-electron chi connectivity index (χ3n) is 3.04. The number of nitrogens with one attached hydrogen (secondary N) is 1. The van der Waals surface area contributed by atoms with Crippen molar-refractivity contribution in [1.82, 2.24) is 10.2 Å². The number of aliphatic carboxylic acids is 1. The Morgan fingerprint density at radius 2 is 1.81 bits per heavy atom. The Bertz CT molecular complexity index is 694. The maximum absolute atomic E-state index is 12.0. The number of nitrogens with zero attached hydrogens (tertiary/aromatic N) is 1. The number of amides is 4. The van der Waals surface area contributed by atoms with Crippen LogP contribution in [0.5, 0.6) is 0 Å². The van der Waals surface area contributed by atoms with Crippen molar-refractivity contribution in [3.05, 3.63) is 34.4 Å². The summed E-state index contributed by atoms with van der Waals surface area (Å²) in [5.41, 5.74) is 0.454. The van der Waals surface area contributed by atoms with Crippen molar-refractivity contribution in [3.8, 4) is 0 Å². The van der Waals surface area contributed by atoms with E-state index in [0.29, 0.717) is 10.5 Å². The minimum atomic E-state index is -1.32. The largest absolute Gasteiger partial charge is 0.480 e. The number of carboxylic acid groups (broad SMARTS) is 1. The molecule has 1 aromatic rings. The molecule has 2 N–H and O–H groups in total. The number of carbonyl (C=O) groups is 5. The summed E-state index contributed by atoms with van der Waals surface area (Å²) in [6.07, 6.45) is 0.207. The number of hydrogen-bond acceptors (Lipinski definition) is 5. The van der Waals surface area contributed by atoms with E-state index in [2.05, 4.69) is 0 Å². The van der Waals surface area contributed by atoms with Crippen molar-refractivity contribution in [2.75, 3.05) is 6.54 Å². The number of benzene rings is 1.